The highest BCUT2D eigenvalue weighted by atomic mass is 16.5. The highest BCUT2D eigenvalue weighted by molar-refractivity contribution is 5.85. The fraction of sp³-hybridized carbons (Fsp3) is 0.742. The van der Waals surface area contributed by atoms with E-state index in [-0.39, 0.29) is 16.7 Å². The lowest BCUT2D eigenvalue weighted by atomic mass is 9.43. The molecule has 6 rings (SSSR count). The molecule has 1 aromatic heterocycles. The number of carbonyl (C=O) groups is 1. The van der Waals surface area contributed by atoms with Crippen LogP contribution in [0.25, 0.3) is 10.9 Å². The third kappa shape index (κ3) is 3.71. The Morgan fingerprint density at radius 1 is 1.11 bits per heavy atom. The van der Waals surface area contributed by atoms with E-state index >= 15 is 0 Å². The molecule has 8 atom stereocenters. The van der Waals surface area contributed by atoms with Crippen LogP contribution in [0.4, 0.5) is 0 Å². The average molecular weight is 493 g/mol. The number of aromatic nitrogens is 2. The third-order valence-corrected chi connectivity index (χ3v) is 11.6. The number of carbonyl (C=O) groups excluding carboxylic acids is 1. The Kier molecular flexibility index (Phi) is 5.92. The number of benzene rings is 1. The van der Waals surface area contributed by atoms with E-state index in [0.29, 0.717) is 36.0 Å². The first-order chi connectivity index (χ1) is 17.2. The van der Waals surface area contributed by atoms with Crippen LogP contribution in [-0.4, -0.2) is 40.0 Å². The van der Waals surface area contributed by atoms with E-state index in [0.717, 1.165) is 49.6 Å². The fourth-order valence-corrected chi connectivity index (χ4v) is 9.90. The molecule has 0 unspecified atom stereocenters. The van der Waals surface area contributed by atoms with Crippen molar-refractivity contribution in [3.05, 3.63) is 30.0 Å². The summed E-state index contributed by atoms with van der Waals surface area (Å²) in [5.74, 6) is 3.04. The van der Waals surface area contributed by atoms with Crippen molar-refractivity contribution in [3.63, 3.8) is 0 Å². The number of ether oxygens (including phenoxy) is 1. The predicted octanol–water partition coefficient (Wildman–Crippen LogP) is 5.95. The molecule has 1 heterocycles. The smallest absolute Gasteiger partial charge is 0.157 e. The summed E-state index contributed by atoms with van der Waals surface area (Å²) >= 11 is 0. The van der Waals surface area contributed by atoms with Crippen molar-refractivity contribution in [2.45, 2.75) is 90.7 Å². The van der Waals surface area contributed by atoms with Crippen molar-refractivity contribution in [1.82, 2.24) is 9.78 Å². The van der Waals surface area contributed by atoms with Crippen molar-refractivity contribution >= 4 is 16.7 Å². The lowest BCUT2D eigenvalue weighted by molar-refractivity contribution is -0.175. The molecule has 4 saturated carbocycles. The van der Waals surface area contributed by atoms with Gasteiger partial charge in [0.15, 0.2) is 5.78 Å². The molecule has 0 aliphatic heterocycles. The summed E-state index contributed by atoms with van der Waals surface area (Å²) < 4.78 is 7.83. The number of methoxy groups -OCH3 is 1. The van der Waals surface area contributed by atoms with Gasteiger partial charge >= 0.3 is 0 Å². The normalized spacial score (nSPS) is 42.1. The maximum absolute atomic E-state index is 13.8. The number of Topliss-reactive ketones (excluding diaryl/α,β-unsaturated/α-hetero) is 1. The molecule has 2 aromatic rings. The van der Waals surface area contributed by atoms with Crippen molar-refractivity contribution < 1.29 is 14.6 Å². The lowest BCUT2D eigenvalue weighted by Crippen LogP contribution is -2.58. The standard InChI is InChI=1S/C31H44N2O3/c1-20-5-10-27-21(15-20)17-32-33(27)18-28(34)26-9-8-24-23-7-6-22-16-29(2,35)13-14-31(22,19-36-4)25(23)11-12-30(24,26)3/h5,10,15,17,22-26,35H,6-9,11-14,16,18-19H2,1-4H3/t22-,23-,24-,25-,26+,29+,30-,31+/m0/s1. The summed E-state index contributed by atoms with van der Waals surface area (Å²) in [6.07, 6.45) is 11.8. The van der Waals surface area contributed by atoms with Crippen LogP contribution in [0.2, 0.25) is 0 Å². The highest BCUT2D eigenvalue weighted by Crippen LogP contribution is 2.68. The molecule has 0 amide bonds. The molecule has 4 aliphatic rings. The molecule has 0 saturated heterocycles. The third-order valence-electron chi connectivity index (χ3n) is 11.6. The van der Waals surface area contributed by atoms with Crippen LogP contribution in [0, 0.1) is 47.3 Å². The Hall–Kier alpha value is -1.72. The van der Waals surface area contributed by atoms with Gasteiger partial charge in [-0.1, -0.05) is 18.6 Å². The van der Waals surface area contributed by atoms with Crippen LogP contribution in [-0.2, 0) is 16.1 Å². The van der Waals surface area contributed by atoms with Crippen LogP contribution in [0.1, 0.15) is 77.2 Å². The first kappa shape index (κ1) is 24.6. The van der Waals surface area contributed by atoms with Gasteiger partial charge < -0.3 is 9.84 Å². The molecule has 5 nitrogen and oxygen atoms in total. The largest absolute Gasteiger partial charge is 0.390 e. The van der Waals surface area contributed by atoms with E-state index in [1.165, 1.54) is 31.2 Å². The Bertz CT molecular complexity index is 1150. The number of nitrogens with zero attached hydrogens (tertiary/aromatic N) is 2. The molecular weight excluding hydrogens is 448 g/mol. The van der Waals surface area contributed by atoms with E-state index in [2.05, 4.69) is 37.1 Å². The Morgan fingerprint density at radius 2 is 1.94 bits per heavy atom. The number of aliphatic hydroxyl groups is 1. The minimum Gasteiger partial charge on any atom is -0.390 e. The van der Waals surface area contributed by atoms with Crippen LogP contribution in [0.3, 0.4) is 0 Å². The van der Waals surface area contributed by atoms with Crippen molar-refractivity contribution in [1.29, 1.82) is 0 Å². The van der Waals surface area contributed by atoms with Crippen LogP contribution in [0.5, 0.6) is 0 Å². The number of rotatable bonds is 5. The van der Waals surface area contributed by atoms with Crippen molar-refractivity contribution in [2.75, 3.05) is 13.7 Å². The Labute approximate surface area is 216 Å². The second kappa shape index (κ2) is 8.66. The summed E-state index contributed by atoms with van der Waals surface area (Å²) in [6.45, 7) is 7.78. The average Bonchev–Trinajstić information content (AvgIpc) is 3.39. The van der Waals surface area contributed by atoms with Gasteiger partial charge in [-0.15, -0.1) is 0 Å². The minimum absolute atomic E-state index is 0.0963. The molecule has 36 heavy (non-hydrogen) atoms. The second-order valence-corrected chi connectivity index (χ2v) is 13.5. The SMILES string of the molecule is COC[C@]12CC[C@@](C)(O)C[C@@H]1CC[C@H]1[C@@H]3CC[C@H](C(=O)Cn4ncc5cc(C)ccc54)[C@@]3(C)CC[C@@H]12. The summed E-state index contributed by atoms with van der Waals surface area (Å²) in [4.78, 5) is 13.8. The molecule has 0 spiro atoms. The fourth-order valence-electron chi connectivity index (χ4n) is 9.90. The van der Waals surface area contributed by atoms with E-state index in [1.54, 1.807) is 0 Å². The van der Waals surface area contributed by atoms with Gasteiger partial charge in [0.05, 0.1) is 23.9 Å². The number of ketones is 1. The highest BCUT2D eigenvalue weighted by Gasteiger charge is 2.63. The van der Waals surface area contributed by atoms with Gasteiger partial charge in [-0.05, 0) is 118 Å². The number of hydrogen-bond acceptors (Lipinski definition) is 4. The molecule has 0 bridgehead atoms. The van der Waals surface area contributed by atoms with Crippen LogP contribution < -0.4 is 0 Å². The molecule has 4 fully saturated rings. The molecule has 196 valence electrons. The number of fused-ring (bicyclic) bond motifs is 6. The minimum atomic E-state index is -0.530. The van der Waals surface area contributed by atoms with E-state index in [4.69, 9.17) is 4.74 Å². The Balaban J connectivity index is 1.23. The summed E-state index contributed by atoms with van der Waals surface area (Å²) in [6, 6.07) is 6.36. The zero-order chi connectivity index (χ0) is 25.3. The van der Waals surface area contributed by atoms with E-state index < -0.39 is 5.60 Å². The number of aryl methyl sites for hydroxylation is 1. The van der Waals surface area contributed by atoms with Gasteiger partial charge in [0, 0.05) is 18.4 Å². The first-order valence-electron chi connectivity index (χ1n) is 14.3. The van der Waals surface area contributed by atoms with Crippen LogP contribution >= 0.6 is 0 Å². The molecular formula is C31H44N2O3. The van der Waals surface area contributed by atoms with Gasteiger partial charge in [0.2, 0.25) is 0 Å². The van der Waals surface area contributed by atoms with Gasteiger partial charge in [-0.3, -0.25) is 9.48 Å². The van der Waals surface area contributed by atoms with Crippen molar-refractivity contribution in [3.8, 4) is 0 Å². The van der Waals surface area contributed by atoms with Gasteiger partial charge in [-0.2, -0.15) is 5.10 Å². The predicted molar refractivity (Wildman–Crippen MR) is 142 cm³/mol. The topological polar surface area (TPSA) is 64.3 Å². The van der Waals surface area contributed by atoms with Gasteiger partial charge in [0.25, 0.3) is 0 Å². The molecule has 5 heteroatoms. The van der Waals surface area contributed by atoms with E-state index in [9.17, 15) is 9.90 Å². The molecule has 1 N–H and O–H groups in total. The lowest BCUT2D eigenvalue weighted by Gasteiger charge is -2.62. The first-order valence-corrected chi connectivity index (χ1v) is 14.3. The Morgan fingerprint density at radius 3 is 2.75 bits per heavy atom. The van der Waals surface area contributed by atoms with E-state index in [1.807, 2.05) is 24.9 Å². The molecule has 4 aliphatic carbocycles. The van der Waals surface area contributed by atoms with Crippen molar-refractivity contribution in [2.24, 2.45) is 40.4 Å². The zero-order valence-electron chi connectivity index (χ0n) is 22.6. The monoisotopic (exact) mass is 492 g/mol. The summed E-state index contributed by atoms with van der Waals surface area (Å²) in [5, 5.41) is 16.6. The molecule has 0 radical (unpaired) electrons. The van der Waals surface area contributed by atoms with Gasteiger partial charge in [0.1, 0.15) is 6.54 Å². The van der Waals surface area contributed by atoms with Gasteiger partial charge in [-0.25, -0.2) is 0 Å². The van der Waals surface area contributed by atoms with Crippen LogP contribution in [0.15, 0.2) is 24.4 Å². The number of hydrogen-bond donors (Lipinski definition) is 1. The second-order valence-electron chi connectivity index (χ2n) is 13.5. The maximum atomic E-state index is 13.8. The zero-order valence-corrected chi connectivity index (χ0v) is 22.6. The summed E-state index contributed by atoms with van der Waals surface area (Å²) in [7, 11) is 1.86. The molecule has 1 aromatic carbocycles. The quantitative estimate of drug-likeness (QED) is 0.560. The summed E-state index contributed by atoms with van der Waals surface area (Å²) in [5.41, 5.74) is 2.05. The maximum Gasteiger partial charge on any atom is 0.157 e.